The Balaban J connectivity index is 2.68. The number of ether oxygens (including phenoxy) is 1. The van der Waals surface area contributed by atoms with Gasteiger partial charge >= 0.3 is 0 Å². The summed E-state index contributed by atoms with van der Waals surface area (Å²) in [6.45, 7) is 9.82. The van der Waals surface area contributed by atoms with Crippen molar-refractivity contribution in [1.82, 2.24) is 5.32 Å². The van der Waals surface area contributed by atoms with Gasteiger partial charge in [0, 0.05) is 30.9 Å². The fourth-order valence-electron chi connectivity index (χ4n) is 2.01. The van der Waals surface area contributed by atoms with Crippen molar-refractivity contribution >= 4 is 5.69 Å². The average molecular weight is 264 g/mol. The second kappa shape index (κ2) is 6.80. The van der Waals surface area contributed by atoms with Gasteiger partial charge in [0.25, 0.3) is 0 Å². The van der Waals surface area contributed by atoms with E-state index < -0.39 is 0 Å². The molecule has 0 aliphatic heterocycles. The summed E-state index contributed by atoms with van der Waals surface area (Å²) in [7, 11) is 3.85. The summed E-state index contributed by atoms with van der Waals surface area (Å²) >= 11 is 0. The van der Waals surface area contributed by atoms with Gasteiger partial charge in [0.15, 0.2) is 0 Å². The number of rotatable bonds is 6. The molecule has 0 radical (unpaired) electrons. The minimum Gasteiger partial charge on any atom is -0.497 e. The monoisotopic (exact) mass is 264 g/mol. The lowest BCUT2D eigenvalue weighted by molar-refractivity contribution is 0.397. The lowest BCUT2D eigenvalue weighted by atomic mass is 10.1. The van der Waals surface area contributed by atoms with Crippen LogP contribution in [0, 0.1) is 0 Å². The number of anilines is 1. The summed E-state index contributed by atoms with van der Waals surface area (Å²) in [5, 5.41) is 3.58. The Morgan fingerprint density at radius 2 is 1.79 bits per heavy atom. The van der Waals surface area contributed by atoms with Gasteiger partial charge in [-0.3, -0.25) is 0 Å². The molecule has 0 amide bonds. The highest BCUT2D eigenvalue weighted by Crippen LogP contribution is 2.20. The molecule has 1 aromatic rings. The van der Waals surface area contributed by atoms with Gasteiger partial charge in [0.05, 0.1) is 7.11 Å². The van der Waals surface area contributed by atoms with Gasteiger partial charge in [-0.25, -0.2) is 0 Å². The zero-order valence-corrected chi connectivity index (χ0v) is 13.2. The Labute approximate surface area is 118 Å². The Kier molecular flexibility index (Phi) is 5.67. The minimum atomic E-state index is 0.161. The molecular formula is C16H28N2O. The van der Waals surface area contributed by atoms with Crippen LogP contribution in [0.2, 0.25) is 0 Å². The van der Waals surface area contributed by atoms with Crippen LogP contribution in [0.3, 0.4) is 0 Å². The summed E-state index contributed by atoms with van der Waals surface area (Å²) in [6.07, 6.45) is 1.12. The molecule has 108 valence electrons. The second-order valence-corrected chi connectivity index (χ2v) is 6.00. The Morgan fingerprint density at radius 3 is 2.21 bits per heavy atom. The first-order valence-electron chi connectivity index (χ1n) is 6.99. The van der Waals surface area contributed by atoms with Crippen molar-refractivity contribution in [2.75, 3.05) is 25.6 Å². The number of benzene rings is 1. The summed E-state index contributed by atoms with van der Waals surface area (Å²) < 4.78 is 5.20. The minimum absolute atomic E-state index is 0.161. The molecule has 0 saturated carbocycles. The molecule has 1 atom stereocenters. The van der Waals surface area contributed by atoms with Crippen molar-refractivity contribution in [2.24, 2.45) is 0 Å². The average Bonchev–Trinajstić information content (AvgIpc) is 2.38. The summed E-state index contributed by atoms with van der Waals surface area (Å²) in [6, 6.07) is 8.73. The fourth-order valence-corrected chi connectivity index (χ4v) is 2.01. The highest BCUT2D eigenvalue weighted by Gasteiger charge is 2.16. The third-order valence-corrected chi connectivity index (χ3v) is 3.37. The van der Waals surface area contributed by atoms with E-state index in [0.29, 0.717) is 6.04 Å². The van der Waals surface area contributed by atoms with E-state index in [1.54, 1.807) is 7.11 Å². The van der Waals surface area contributed by atoms with Crippen molar-refractivity contribution < 1.29 is 4.74 Å². The molecule has 0 aromatic heterocycles. The molecule has 0 aliphatic carbocycles. The highest BCUT2D eigenvalue weighted by molar-refractivity contribution is 5.49. The lowest BCUT2D eigenvalue weighted by Gasteiger charge is -2.32. The van der Waals surface area contributed by atoms with Crippen molar-refractivity contribution in [3.8, 4) is 5.75 Å². The quantitative estimate of drug-likeness (QED) is 0.853. The van der Waals surface area contributed by atoms with Crippen LogP contribution in [-0.4, -0.2) is 32.3 Å². The molecule has 0 aliphatic rings. The first-order chi connectivity index (χ1) is 8.87. The van der Waals surface area contributed by atoms with Crippen LogP contribution < -0.4 is 15.0 Å². The molecule has 3 heteroatoms. The van der Waals surface area contributed by atoms with Crippen LogP contribution in [0.4, 0.5) is 5.69 Å². The van der Waals surface area contributed by atoms with Crippen molar-refractivity contribution in [3.63, 3.8) is 0 Å². The Bertz CT molecular complexity index is 367. The summed E-state index contributed by atoms with van der Waals surface area (Å²) in [5.41, 5.74) is 1.39. The van der Waals surface area contributed by atoms with E-state index in [9.17, 15) is 0 Å². The summed E-state index contributed by atoms with van der Waals surface area (Å²) in [4.78, 5) is 2.33. The number of methoxy groups -OCH3 is 1. The maximum absolute atomic E-state index is 5.20. The molecule has 0 spiro atoms. The second-order valence-electron chi connectivity index (χ2n) is 6.00. The summed E-state index contributed by atoms with van der Waals surface area (Å²) in [5.74, 6) is 0.901. The third-order valence-electron chi connectivity index (χ3n) is 3.37. The van der Waals surface area contributed by atoms with Crippen molar-refractivity contribution in [3.05, 3.63) is 24.3 Å². The Morgan fingerprint density at radius 1 is 1.21 bits per heavy atom. The number of hydrogen-bond donors (Lipinski definition) is 1. The van der Waals surface area contributed by atoms with Gasteiger partial charge in [-0.05, 0) is 51.5 Å². The van der Waals surface area contributed by atoms with Gasteiger partial charge in [-0.1, -0.05) is 6.92 Å². The van der Waals surface area contributed by atoms with E-state index >= 15 is 0 Å². The van der Waals surface area contributed by atoms with Gasteiger partial charge < -0.3 is 15.0 Å². The van der Waals surface area contributed by atoms with Gasteiger partial charge in [-0.15, -0.1) is 0 Å². The molecule has 1 aromatic carbocycles. The number of hydrogen-bond acceptors (Lipinski definition) is 3. The zero-order valence-electron chi connectivity index (χ0n) is 13.2. The SMILES string of the molecule is CCC(CNC(C)(C)C)N(C)c1ccc(OC)cc1. The van der Waals surface area contributed by atoms with E-state index in [2.05, 4.69) is 57.1 Å². The smallest absolute Gasteiger partial charge is 0.119 e. The largest absolute Gasteiger partial charge is 0.497 e. The van der Waals surface area contributed by atoms with E-state index in [1.807, 2.05) is 12.1 Å². The van der Waals surface area contributed by atoms with E-state index in [4.69, 9.17) is 4.74 Å². The van der Waals surface area contributed by atoms with Crippen LogP contribution in [0.15, 0.2) is 24.3 Å². The maximum atomic E-state index is 5.20. The first-order valence-corrected chi connectivity index (χ1v) is 6.99. The van der Waals surface area contributed by atoms with Crippen LogP contribution in [-0.2, 0) is 0 Å². The van der Waals surface area contributed by atoms with E-state index in [-0.39, 0.29) is 5.54 Å². The number of nitrogens with one attached hydrogen (secondary N) is 1. The molecule has 19 heavy (non-hydrogen) atoms. The van der Waals surface area contributed by atoms with Crippen LogP contribution in [0.5, 0.6) is 5.75 Å². The molecule has 3 nitrogen and oxygen atoms in total. The lowest BCUT2D eigenvalue weighted by Crippen LogP contribution is -2.46. The molecule has 0 heterocycles. The fraction of sp³-hybridized carbons (Fsp3) is 0.625. The van der Waals surface area contributed by atoms with Crippen molar-refractivity contribution in [1.29, 1.82) is 0 Å². The number of likely N-dealkylation sites (N-methyl/N-ethyl adjacent to an activating group) is 1. The van der Waals surface area contributed by atoms with E-state index in [1.165, 1.54) is 5.69 Å². The molecule has 0 bridgehead atoms. The van der Waals surface area contributed by atoms with Gasteiger partial charge in [0.1, 0.15) is 5.75 Å². The normalized spacial score (nSPS) is 13.2. The topological polar surface area (TPSA) is 24.5 Å². The van der Waals surface area contributed by atoms with Crippen LogP contribution in [0.25, 0.3) is 0 Å². The van der Waals surface area contributed by atoms with Crippen molar-refractivity contribution in [2.45, 2.75) is 45.7 Å². The maximum Gasteiger partial charge on any atom is 0.119 e. The first kappa shape index (κ1) is 15.8. The Hall–Kier alpha value is -1.22. The molecule has 1 rings (SSSR count). The molecular weight excluding hydrogens is 236 g/mol. The standard InChI is InChI=1S/C16H28N2O/c1-7-13(12-17-16(2,3)4)18(5)14-8-10-15(19-6)11-9-14/h8-11,13,17H,7,12H2,1-6H3. The molecule has 1 unspecified atom stereocenters. The van der Waals surface area contributed by atoms with Crippen LogP contribution >= 0.6 is 0 Å². The predicted molar refractivity (Wildman–Crippen MR) is 83.2 cm³/mol. The molecule has 1 N–H and O–H groups in total. The molecule has 0 fully saturated rings. The van der Waals surface area contributed by atoms with Crippen LogP contribution in [0.1, 0.15) is 34.1 Å². The zero-order chi connectivity index (χ0) is 14.5. The van der Waals surface area contributed by atoms with Gasteiger partial charge in [-0.2, -0.15) is 0 Å². The van der Waals surface area contributed by atoms with Gasteiger partial charge in [0.2, 0.25) is 0 Å². The highest BCUT2D eigenvalue weighted by atomic mass is 16.5. The third kappa shape index (κ3) is 5.11. The predicted octanol–water partition coefficient (Wildman–Crippen LogP) is 3.30. The molecule has 0 saturated heterocycles. The number of nitrogens with zero attached hydrogens (tertiary/aromatic N) is 1. The van der Waals surface area contributed by atoms with E-state index in [0.717, 1.165) is 18.7 Å².